The minimum atomic E-state index is 0.110. The molecule has 0 bridgehead atoms. The van der Waals surface area contributed by atoms with Crippen LogP contribution in [-0.2, 0) is 4.79 Å². The van der Waals surface area contributed by atoms with Crippen LogP contribution in [0.1, 0.15) is 45.2 Å². The third-order valence-electron chi connectivity index (χ3n) is 4.19. The molecule has 0 aliphatic carbocycles. The van der Waals surface area contributed by atoms with Crippen molar-refractivity contribution >= 4 is 17.7 Å². The minimum absolute atomic E-state index is 0.110. The molecule has 1 heterocycles. The molecule has 1 amide bonds. The van der Waals surface area contributed by atoms with Gasteiger partial charge in [0.15, 0.2) is 0 Å². The van der Waals surface area contributed by atoms with E-state index in [1.807, 2.05) is 12.1 Å². The highest BCUT2D eigenvalue weighted by Crippen LogP contribution is 2.27. The summed E-state index contributed by atoms with van der Waals surface area (Å²) in [4.78, 5) is 14.7. The van der Waals surface area contributed by atoms with E-state index < -0.39 is 0 Å². The van der Waals surface area contributed by atoms with Crippen molar-refractivity contribution in [2.24, 2.45) is 0 Å². The molecule has 4 nitrogen and oxygen atoms in total. The smallest absolute Gasteiger partial charge is 0.230 e. The normalized spacial score (nSPS) is 16.8. The molecule has 0 aromatic heterocycles. The van der Waals surface area contributed by atoms with E-state index in [4.69, 9.17) is 4.74 Å². The molecule has 134 valence electrons. The summed E-state index contributed by atoms with van der Waals surface area (Å²) in [6.45, 7) is 9.23. The Hall–Kier alpha value is -1.20. The van der Waals surface area contributed by atoms with E-state index in [9.17, 15) is 4.79 Å². The van der Waals surface area contributed by atoms with Gasteiger partial charge in [0, 0.05) is 11.3 Å². The van der Waals surface area contributed by atoms with Gasteiger partial charge in [-0.3, -0.25) is 9.69 Å². The standard InChI is InChI=1S/C19H30N2O2S/c1-19(2,3)24-14-18(22)20-13-17(21-10-5-6-11-21)15-8-7-9-16(12-15)23-4/h7-9,12,17H,5-6,10-11,13-14H2,1-4H3,(H,20,22). The van der Waals surface area contributed by atoms with Crippen LogP contribution in [-0.4, -0.2) is 48.1 Å². The van der Waals surface area contributed by atoms with Crippen LogP contribution in [0.2, 0.25) is 0 Å². The van der Waals surface area contributed by atoms with Gasteiger partial charge in [0.2, 0.25) is 5.91 Å². The number of hydrogen-bond acceptors (Lipinski definition) is 4. The molecule has 1 aliphatic rings. The number of carbonyl (C=O) groups is 1. The molecule has 5 heteroatoms. The van der Waals surface area contributed by atoms with Crippen LogP contribution in [0.15, 0.2) is 24.3 Å². The largest absolute Gasteiger partial charge is 0.497 e. The molecular weight excluding hydrogens is 320 g/mol. The van der Waals surface area contributed by atoms with Crippen molar-refractivity contribution in [2.45, 2.75) is 44.4 Å². The number of ether oxygens (including phenoxy) is 1. The Morgan fingerprint density at radius 2 is 2.04 bits per heavy atom. The molecule has 1 unspecified atom stereocenters. The number of rotatable bonds is 7. The summed E-state index contributed by atoms with van der Waals surface area (Å²) >= 11 is 1.68. The molecule has 0 spiro atoms. The van der Waals surface area contributed by atoms with E-state index in [0.29, 0.717) is 12.3 Å². The molecular formula is C19H30N2O2S. The van der Waals surface area contributed by atoms with Crippen LogP contribution in [0.5, 0.6) is 5.75 Å². The lowest BCUT2D eigenvalue weighted by Crippen LogP contribution is -2.37. The van der Waals surface area contributed by atoms with Crippen molar-refractivity contribution in [2.75, 3.05) is 32.5 Å². The van der Waals surface area contributed by atoms with Gasteiger partial charge in [0.25, 0.3) is 0 Å². The number of thioether (sulfide) groups is 1. The molecule has 24 heavy (non-hydrogen) atoms. The zero-order valence-corrected chi connectivity index (χ0v) is 16.1. The van der Waals surface area contributed by atoms with Gasteiger partial charge in [0.05, 0.1) is 18.9 Å². The third kappa shape index (κ3) is 6.02. The second-order valence-electron chi connectivity index (χ2n) is 7.24. The first-order valence-corrected chi connectivity index (χ1v) is 9.66. The maximum absolute atomic E-state index is 12.2. The van der Waals surface area contributed by atoms with Crippen LogP contribution in [0.3, 0.4) is 0 Å². The van der Waals surface area contributed by atoms with Crippen molar-refractivity contribution < 1.29 is 9.53 Å². The van der Waals surface area contributed by atoms with Gasteiger partial charge < -0.3 is 10.1 Å². The van der Waals surface area contributed by atoms with E-state index in [0.717, 1.165) is 18.8 Å². The molecule has 1 atom stereocenters. The summed E-state index contributed by atoms with van der Waals surface area (Å²) in [7, 11) is 1.69. The summed E-state index contributed by atoms with van der Waals surface area (Å²) in [6.07, 6.45) is 2.46. The van der Waals surface area contributed by atoms with Gasteiger partial charge in [-0.05, 0) is 43.6 Å². The summed E-state index contributed by atoms with van der Waals surface area (Å²) < 4.78 is 5.47. The molecule has 1 aromatic carbocycles. The third-order valence-corrected chi connectivity index (χ3v) is 5.46. The fourth-order valence-electron chi connectivity index (χ4n) is 2.90. The second kappa shape index (κ2) is 8.77. The van der Waals surface area contributed by atoms with E-state index in [1.165, 1.54) is 18.4 Å². The summed E-state index contributed by atoms with van der Waals surface area (Å²) in [5.41, 5.74) is 1.21. The molecule has 1 saturated heterocycles. The highest BCUT2D eigenvalue weighted by atomic mass is 32.2. The summed E-state index contributed by atoms with van der Waals surface area (Å²) in [5, 5.41) is 3.13. The van der Waals surface area contributed by atoms with E-state index in [1.54, 1.807) is 18.9 Å². The Labute approximate surface area is 150 Å². The number of hydrogen-bond donors (Lipinski definition) is 1. The van der Waals surface area contributed by atoms with Crippen LogP contribution < -0.4 is 10.1 Å². The lowest BCUT2D eigenvalue weighted by atomic mass is 10.0. The SMILES string of the molecule is COc1cccc(C(CNC(=O)CSC(C)(C)C)N2CCCC2)c1. The fourth-order valence-corrected chi connectivity index (χ4v) is 3.57. The molecule has 1 aromatic rings. The number of amides is 1. The van der Waals surface area contributed by atoms with Crippen LogP contribution in [0.4, 0.5) is 0 Å². The fraction of sp³-hybridized carbons (Fsp3) is 0.632. The molecule has 1 N–H and O–H groups in total. The highest BCUT2D eigenvalue weighted by molar-refractivity contribution is 8.01. The Morgan fingerprint density at radius 3 is 2.67 bits per heavy atom. The van der Waals surface area contributed by atoms with Crippen molar-refractivity contribution in [3.05, 3.63) is 29.8 Å². The quantitative estimate of drug-likeness (QED) is 0.817. The van der Waals surface area contributed by atoms with Crippen molar-refractivity contribution in [1.29, 1.82) is 0 Å². The predicted octanol–water partition coefficient (Wildman–Crippen LogP) is 3.48. The van der Waals surface area contributed by atoms with Crippen molar-refractivity contribution in [3.8, 4) is 5.75 Å². The number of nitrogens with one attached hydrogen (secondary N) is 1. The minimum Gasteiger partial charge on any atom is -0.497 e. The van der Waals surface area contributed by atoms with Crippen LogP contribution in [0, 0.1) is 0 Å². The molecule has 2 rings (SSSR count). The molecule has 1 aliphatic heterocycles. The van der Waals surface area contributed by atoms with Crippen LogP contribution >= 0.6 is 11.8 Å². The lowest BCUT2D eigenvalue weighted by molar-refractivity contribution is -0.118. The Balaban J connectivity index is 2.00. The van der Waals surface area contributed by atoms with Gasteiger partial charge in [-0.1, -0.05) is 32.9 Å². The Morgan fingerprint density at radius 1 is 1.33 bits per heavy atom. The maximum atomic E-state index is 12.2. The van der Waals surface area contributed by atoms with Gasteiger partial charge in [-0.2, -0.15) is 0 Å². The van der Waals surface area contributed by atoms with Crippen molar-refractivity contribution in [1.82, 2.24) is 10.2 Å². The molecule has 1 fully saturated rings. The average molecular weight is 351 g/mol. The predicted molar refractivity (Wildman–Crippen MR) is 102 cm³/mol. The number of benzene rings is 1. The van der Waals surface area contributed by atoms with E-state index in [2.05, 4.69) is 43.1 Å². The first kappa shape index (κ1) is 19.1. The zero-order chi connectivity index (χ0) is 17.6. The van der Waals surface area contributed by atoms with Crippen LogP contribution in [0.25, 0.3) is 0 Å². The molecule has 0 radical (unpaired) electrons. The van der Waals surface area contributed by atoms with Gasteiger partial charge in [-0.25, -0.2) is 0 Å². The maximum Gasteiger partial charge on any atom is 0.230 e. The number of nitrogens with zero attached hydrogens (tertiary/aromatic N) is 1. The van der Waals surface area contributed by atoms with Gasteiger partial charge >= 0.3 is 0 Å². The first-order valence-electron chi connectivity index (χ1n) is 8.68. The van der Waals surface area contributed by atoms with Crippen molar-refractivity contribution in [3.63, 3.8) is 0 Å². The zero-order valence-electron chi connectivity index (χ0n) is 15.3. The Kier molecular flexibility index (Phi) is 6.99. The van der Waals surface area contributed by atoms with Gasteiger partial charge in [0.1, 0.15) is 5.75 Å². The molecule has 0 saturated carbocycles. The van der Waals surface area contributed by atoms with E-state index in [-0.39, 0.29) is 16.7 Å². The number of carbonyl (C=O) groups excluding carboxylic acids is 1. The number of methoxy groups -OCH3 is 1. The van der Waals surface area contributed by atoms with E-state index >= 15 is 0 Å². The second-order valence-corrected chi connectivity index (χ2v) is 9.04. The Bertz CT molecular complexity index is 536. The number of likely N-dealkylation sites (tertiary alicyclic amines) is 1. The summed E-state index contributed by atoms with van der Waals surface area (Å²) in [5.74, 6) is 1.49. The summed E-state index contributed by atoms with van der Waals surface area (Å²) in [6, 6.07) is 8.41. The average Bonchev–Trinajstić information content (AvgIpc) is 3.07. The van der Waals surface area contributed by atoms with Gasteiger partial charge in [-0.15, -0.1) is 11.8 Å². The first-order chi connectivity index (χ1) is 11.4. The monoisotopic (exact) mass is 350 g/mol. The topological polar surface area (TPSA) is 41.6 Å². The highest BCUT2D eigenvalue weighted by Gasteiger charge is 2.24. The lowest BCUT2D eigenvalue weighted by Gasteiger charge is -2.28.